The third kappa shape index (κ3) is 15.8. The smallest absolute Gasteiger partial charge is 0.283 e. The van der Waals surface area contributed by atoms with Gasteiger partial charge in [-0.3, -0.25) is 10.0 Å². The number of benzene rings is 5. The topological polar surface area (TPSA) is 63.5 Å². The van der Waals surface area contributed by atoms with E-state index in [1.54, 1.807) is 0 Å². The molecule has 12 heterocycles. The molecule has 8 aromatic rings. The van der Waals surface area contributed by atoms with Crippen LogP contribution in [-0.2, 0) is 27.3 Å². The fourth-order valence-electron chi connectivity index (χ4n) is 15.7. The third-order valence-electron chi connectivity index (χ3n) is 23.7. The normalized spacial score (nSPS) is 21.8. The second-order valence-corrected chi connectivity index (χ2v) is 33.9. The van der Waals surface area contributed by atoms with E-state index in [1.807, 2.05) is 6.07 Å². The van der Waals surface area contributed by atoms with Crippen LogP contribution in [-0.4, -0.2) is 170 Å². The van der Waals surface area contributed by atoms with Gasteiger partial charge in [-0.2, -0.15) is 0 Å². The molecule has 17 rings (SSSR count). The summed E-state index contributed by atoms with van der Waals surface area (Å²) in [7, 11) is 22.0. The Morgan fingerprint density at radius 1 is 0.333 bits per heavy atom. The number of hydrogen-bond donors (Lipinski definition) is 0. The summed E-state index contributed by atoms with van der Waals surface area (Å²) >= 11 is 0. The molecule has 9 aliphatic heterocycles. The molecule has 5 aromatic carbocycles. The molecule has 1 saturated heterocycles. The van der Waals surface area contributed by atoms with Crippen molar-refractivity contribution in [1.29, 1.82) is 0 Å². The zero-order valence-corrected chi connectivity index (χ0v) is 68.7. The zero-order valence-electron chi connectivity index (χ0n) is 67.8. The number of allylic oxidation sites excluding steroid dienone is 2. The van der Waals surface area contributed by atoms with Gasteiger partial charge in [0.2, 0.25) is 5.69 Å². The minimum Gasteiger partial charge on any atom is -0.359 e. The number of hydrazine groups is 1. The van der Waals surface area contributed by atoms with Gasteiger partial charge in [-0.15, -0.1) is 0 Å². The fourth-order valence-corrected chi connectivity index (χ4v) is 19.0. The highest BCUT2D eigenvalue weighted by atomic mass is 31.2. The minimum atomic E-state index is -1.44. The van der Waals surface area contributed by atoms with Crippen molar-refractivity contribution >= 4 is 63.6 Å². The van der Waals surface area contributed by atoms with Crippen molar-refractivity contribution in [1.82, 2.24) is 44.3 Å². The van der Waals surface area contributed by atoms with Crippen molar-refractivity contribution in [3.8, 4) is 0 Å². The van der Waals surface area contributed by atoms with Gasteiger partial charge >= 0.3 is 0 Å². The first-order valence-electron chi connectivity index (χ1n) is 38.4. The van der Waals surface area contributed by atoms with Crippen molar-refractivity contribution in [2.24, 2.45) is 21.1 Å². The van der Waals surface area contributed by atoms with Gasteiger partial charge in [0.15, 0.2) is 30.4 Å². The first-order chi connectivity index (χ1) is 51.9. The molecular formula is C88H120N19P+4. The predicted octanol–water partition coefficient (Wildman–Crippen LogP) is 13.0. The van der Waals surface area contributed by atoms with Crippen LogP contribution in [0.5, 0.6) is 0 Å². The van der Waals surface area contributed by atoms with Gasteiger partial charge in [0.25, 0.3) is 11.6 Å². The van der Waals surface area contributed by atoms with E-state index in [9.17, 15) is 0 Å². The lowest BCUT2D eigenvalue weighted by Gasteiger charge is -2.45. The van der Waals surface area contributed by atoms with Crippen LogP contribution in [0.15, 0.2) is 268 Å². The summed E-state index contributed by atoms with van der Waals surface area (Å²) in [5.74, 6) is 2.42. The average molecular weight is 1480 g/mol. The molecule has 568 valence electrons. The quantitative estimate of drug-likeness (QED) is 0.0963. The van der Waals surface area contributed by atoms with Crippen LogP contribution < -0.4 is 58.6 Å². The largest absolute Gasteiger partial charge is 0.359 e. The maximum absolute atomic E-state index is 2.49. The number of hydrogen-bond acceptors (Lipinski definition) is 16. The molecule has 108 heavy (non-hydrogen) atoms. The summed E-state index contributed by atoms with van der Waals surface area (Å²) in [6.07, 6.45) is 30.3. The maximum atomic E-state index is 2.49. The van der Waals surface area contributed by atoms with Gasteiger partial charge in [-0.05, 0) is 147 Å². The molecule has 8 atom stereocenters. The number of aryl methyl sites for hydroxylation is 3. The summed E-state index contributed by atoms with van der Waals surface area (Å²) in [6, 6.07) is 66.8. The number of pyridine rings is 3. The SMILES string of the molecule is CC1N(C)C=C2CCC3=CN(C)C(C)N3N21.CC1N(C)C=CN1CN1C=CN(C)C1C.CC1N(C)C=CN1c1cccc[n+]1C.CC1N(C)c2ccccc2N1CN1c2ccccc2N(C)C1C.CC1N(C)c2ccccc2N1c1cccc[n+]1C.C[n+]1ccccc1C[P+](C)(c1ccccc1)c1ccccc1. The Hall–Kier alpha value is -10.5. The van der Waals surface area contributed by atoms with Crippen LogP contribution in [0.3, 0.4) is 0 Å². The highest BCUT2D eigenvalue weighted by molar-refractivity contribution is 7.88. The van der Waals surface area contributed by atoms with Crippen molar-refractivity contribution in [2.75, 3.05) is 111 Å². The Balaban J connectivity index is 0.000000122. The lowest BCUT2D eigenvalue weighted by molar-refractivity contribution is -0.678. The van der Waals surface area contributed by atoms with Gasteiger partial charge in [0, 0.05) is 124 Å². The molecule has 0 amide bonds. The van der Waals surface area contributed by atoms with Crippen molar-refractivity contribution in [2.45, 2.75) is 124 Å². The first kappa shape index (κ1) is 77.1. The van der Waals surface area contributed by atoms with E-state index in [2.05, 4.69) is 482 Å². The van der Waals surface area contributed by atoms with Crippen LogP contribution in [0.4, 0.5) is 45.8 Å². The molecule has 20 heteroatoms. The van der Waals surface area contributed by atoms with Gasteiger partial charge < -0.3 is 58.8 Å². The second-order valence-electron chi connectivity index (χ2n) is 30.2. The summed E-state index contributed by atoms with van der Waals surface area (Å²) in [5, 5.41) is 7.82. The molecule has 1 fully saturated rings. The van der Waals surface area contributed by atoms with Crippen LogP contribution in [0.25, 0.3) is 0 Å². The van der Waals surface area contributed by atoms with E-state index >= 15 is 0 Å². The molecule has 0 radical (unpaired) electrons. The van der Waals surface area contributed by atoms with E-state index in [0.717, 1.165) is 32.3 Å². The molecule has 3 aromatic heterocycles. The first-order valence-corrected chi connectivity index (χ1v) is 40.8. The molecule has 19 nitrogen and oxygen atoms in total. The number of rotatable bonds is 10. The Morgan fingerprint density at radius 2 is 0.704 bits per heavy atom. The highest BCUT2D eigenvalue weighted by Gasteiger charge is 2.44. The third-order valence-corrected chi connectivity index (χ3v) is 27.6. The summed E-state index contributed by atoms with van der Waals surface area (Å²) in [5.41, 5.74) is 12.1. The van der Waals surface area contributed by atoms with Gasteiger partial charge in [-0.25, -0.2) is 23.5 Å². The van der Waals surface area contributed by atoms with Crippen LogP contribution in [0, 0.1) is 0 Å². The molecule has 0 spiro atoms. The molecule has 0 aliphatic carbocycles. The lowest BCUT2D eigenvalue weighted by atomic mass is 10.1. The number of para-hydroxylation sites is 6. The van der Waals surface area contributed by atoms with Gasteiger partial charge in [-0.1, -0.05) is 84.9 Å². The van der Waals surface area contributed by atoms with Crippen LogP contribution in [0.2, 0.25) is 0 Å². The standard InChI is InChI=1S/C20H22NP.C19H24N4.C15H18N3.C12H20N4.C11H20N4.C11H16N3/c1-21-16-10-9-11-18(21)17-22(2,19-12-5-3-6-13-19)20-14-7-4-8-15-20;1-14-20(3)16-9-5-7-11-18(16)22(14)13-23-15(2)21(4)17-10-6-8-12-19(17)23;1-12-17(3)13-8-4-5-9-14(13)18(12)15-10-6-7-11-16(15)2;1-9-13(3)7-11-5-6-12-8-14(4)10(2)16(12)15(9)11;1-10-12(3)5-7-14(10)9-15-8-6-13(4)11(15)2;1-10-12(2)8-9-14(10)11-6-4-5-7-13(11)3/h3-16H,17H2,1-2H3;5-12,14-15H,13H2,1-4H3;4-12H,1-3H3;7-10H,5-6H2,1-4H3;5-8,10-11H,9H2,1-4H3;4-10H,1-3H3/q+2;;+1;;;+1. The number of aromatic nitrogens is 3. The molecule has 0 saturated carbocycles. The number of fused-ring (bicyclic) bond motifs is 6. The number of nitrogens with zero attached hydrogens (tertiary/aromatic N) is 19. The predicted molar refractivity (Wildman–Crippen MR) is 450 cm³/mol. The number of anilines is 8. The molecule has 8 unspecified atom stereocenters. The lowest BCUT2D eigenvalue weighted by Crippen LogP contribution is -2.52. The molecule has 0 N–H and O–H groups in total. The Labute approximate surface area is 647 Å². The van der Waals surface area contributed by atoms with E-state index in [0.29, 0.717) is 49.3 Å². The van der Waals surface area contributed by atoms with Crippen molar-refractivity contribution in [3.05, 3.63) is 273 Å². The van der Waals surface area contributed by atoms with Crippen molar-refractivity contribution in [3.63, 3.8) is 0 Å². The highest BCUT2D eigenvalue weighted by Crippen LogP contribution is 2.55. The van der Waals surface area contributed by atoms with Crippen LogP contribution in [0.1, 0.15) is 73.9 Å². The van der Waals surface area contributed by atoms with E-state index in [4.69, 9.17) is 0 Å². The zero-order chi connectivity index (χ0) is 76.8. The molecule has 0 bridgehead atoms. The minimum absolute atomic E-state index is 0.330. The van der Waals surface area contributed by atoms with Crippen molar-refractivity contribution < 1.29 is 13.7 Å². The van der Waals surface area contributed by atoms with E-state index in [-0.39, 0.29) is 0 Å². The molecular weight excluding hydrogens is 1350 g/mol. The summed E-state index contributed by atoms with van der Waals surface area (Å²) in [6.45, 7) is 22.2. The van der Waals surface area contributed by atoms with Crippen LogP contribution >= 0.6 is 7.26 Å². The maximum Gasteiger partial charge on any atom is 0.283 e. The Bertz CT molecular complexity index is 4330. The van der Waals surface area contributed by atoms with E-state index < -0.39 is 7.26 Å². The fraction of sp³-hybridized carbons (Fsp3) is 0.375. The second kappa shape index (κ2) is 33.3. The monoisotopic (exact) mass is 1470 g/mol. The average Bonchev–Trinajstić information content (AvgIpc) is 1.46. The Morgan fingerprint density at radius 3 is 1.12 bits per heavy atom. The molecule has 9 aliphatic rings. The van der Waals surface area contributed by atoms with E-state index in [1.165, 1.54) is 73.5 Å². The summed E-state index contributed by atoms with van der Waals surface area (Å²) in [4.78, 5) is 32.5. The Kier molecular flexibility index (Phi) is 23.8. The van der Waals surface area contributed by atoms with Gasteiger partial charge in [0.1, 0.15) is 37.9 Å². The van der Waals surface area contributed by atoms with Gasteiger partial charge in [0.05, 0.1) is 117 Å². The summed E-state index contributed by atoms with van der Waals surface area (Å²) < 4.78 is 6.52.